The Balaban J connectivity index is 1.81. The molecule has 24 heavy (non-hydrogen) atoms. The number of halogens is 1. The number of nitrogens with zero attached hydrogens (tertiary/aromatic N) is 1. The van der Waals surface area contributed by atoms with Crippen LogP contribution in [0.3, 0.4) is 0 Å². The van der Waals surface area contributed by atoms with Crippen LogP contribution in [0.15, 0.2) is 46.9 Å². The summed E-state index contributed by atoms with van der Waals surface area (Å²) in [7, 11) is 1.29. The molecule has 0 saturated carbocycles. The first-order chi connectivity index (χ1) is 11.5. The van der Waals surface area contributed by atoms with Gasteiger partial charge in [-0.1, -0.05) is 28.1 Å². The van der Waals surface area contributed by atoms with E-state index in [1.807, 2.05) is 0 Å². The van der Waals surface area contributed by atoms with E-state index in [1.165, 1.54) is 7.11 Å². The fourth-order valence-electron chi connectivity index (χ4n) is 2.50. The van der Waals surface area contributed by atoms with Crippen molar-refractivity contribution in [3.8, 4) is 0 Å². The Kier molecular flexibility index (Phi) is 4.35. The van der Waals surface area contributed by atoms with E-state index in [0.717, 1.165) is 9.37 Å². The molecule has 6 nitrogen and oxygen atoms in total. The summed E-state index contributed by atoms with van der Waals surface area (Å²) in [5.41, 5.74) is 1.55. The molecule has 122 valence electrons. The molecule has 2 amide bonds. The van der Waals surface area contributed by atoms with Gasteiger partial charge in [0.05, 0.1) is 36.2 Å². The minimum atomic E-state index is -0.496. The number of hydrogen-bond acceptors (Lipinski definition) is 5. The fourth-order valence-corrected chi connectivity index (χ4v) is 2.86. The van der Waals surface area contributed by atoms with Gasteiger partial charge in [-0.3, -0.25) is 14.5 Å². The van der Waals surface area contributed by atoms with Crippen LogP contribution < -0.4 is 5.32 Å². The number of ether oxygens (including phenoxy) is 1. The van der Waals surface area contributed by atoms with Crippen LogP contribution in [-0.4, -0.2) is 36.5 Å². The first kappa shape index (κ1) is 16.2. The molecule has 0 saturated heterocycles. The van der Waals surface area contributed by atoms with Crippen molar-refractivity contribution in [2.24, 2.45) is 0 Å². The molecule has 0 unspecified atom stereocenters. The highest BCUT2D eigenvalue weighted by Crippen LogP contribution is 2.26. The van der Waals surface area contributed by atoms with Crippen molar-refractivity contribution in [2.45, 2.75) is 0 Å². The number of methoxy groups -OCH3 is 1. The van der Waals surface area contributed by atoms with Gasteiger partial charge in [0.15, 0.2) is 0 Å². The number of amides is 2. The number of nitrogens with one attached hydrogen (secondary N) is 1. The highest BCUT2D eigenvalue weighted by atomic mass is 79.9. The van der Waals surface area contributed by atoms with Gasteiger partial charge in [0.25, 0.3) is 11.8 Å². The molecule has 0 fully saturated rings. The van der Waals surface area contributed by atoms with E-state index in [9.17, 15) is 14.4 Å². The van der Waals surface area contributed by atoms with Crippen molar-refractivity contribution >= 4 is 39.4 Å². The Bertz CT molecular complexity index is 850. The number of rotatable bonds is 4. The molecular formula is C17H13BrN2O4. The second-order valence-corrected chi connectivity index (χ2v) is 6.02. The van der Waals surface area contributed by atoms with E-state index < -0.39 is 5.97 Å². The first-order valence-electron chi connectivity index (χ1n) is 7.10. The maximum Gasteiger partial charge on any atom is 0.339 e. The van der Waals surface area contributed by atoms with Crippen LogP contribution in [0.4, 0.5) is 5.69 Å². The summed E-state index contributed by atoms with van der Waals surface area (Å²) >= 11 is 3.29. The predicted molar refractivity (Wildman–Crippen MR) is 90.9 cm³/mol. The van der Waals surface area contributed by atoms with Gasteiger partial charge in [-0.25, -0.2) is 4.79 Å². The van der Waals surface area contributed by atoms with E-state index in [2.05, 4.69) is 21.2 Å². The summed E-state index contributed by atoms with van der Waals surface area (Å²) in [5.74, 6) is -1.24. The minimum Gasteiger partial charge on any atom is -0.465 e. The van der Waals surface area contributed by atoms with Crippen LogP contribution in [0.2, 0.25) is 0 Å². The fraction of sp³-hybridized carbons (Fsp3) is 0.118. The zero-order valence-corrected chi connectivity index (χ0v) is 14.3. The van der Waals surface area contributed by atoms with Gasteiger partial charge in [-0.05, 0) is 30.3 Å². The van der Waals surface area contributed by atoms with E-state index >= 15 is 0 Å². The van der Waals surface area contributed by atoms with Crippen LogP contribution >= 0.6 is 15.9 Å². The Hall–Kier alpha value is -2.67. The third kappa shape index (κ3) is 2.78. The van der Waals surface area contributed by atoms with Gasteiger partial charge >= 0.3 is 5.97 Å². The smallest absolute Gasteiger partial charge is 0.339 e. The van der Waals surface area contributed by atoms with Crippen molar-refractivity contribution in [1.82, 2.24) is 4.90 Å². The maximum absolute atomic E-state index is 12.4. The highest BCUT2D eigenvalue weighted by Gasteiger charge is 2.35. The summed E-state index contributed by atoms with van der Waals surface area (Å²) in [6.45, 7) is -0.0437. The molecule has 2 aromatic rings. The van der Waals surface area contributed by atoms with Crippen molar-refractivity contribution in [1.29, 1.82) is 0 Å². The number of anilines is 1. The molecule has 3 rings (SSSR count). The molecule has 0 radical (unpaired) electrons. The minimum absolute atomic E-state index is 0.0437. The quantitative estimate of drug-likeness (QED) is 0.643. The van der Waals surface area contributed by atoms with Crippen LogP contribution in [0.5, 0.6) is 0 Å². The molecule has 0 aromatic heterocycles. The van der Waals surface area contributed by atoms with Gasteiger partial charge in [0.1, 0.15) is 0 Å². The summed E-state index contributed by atoms with van der Waals surface area (Å²) in [6, 6.07) is 11.7. The zero-order chi connectivity index (χ0) is 17.3. The number of imide groups is 1. The Morgan fingerprint density at radius 1 is 1.12 bits per heavy atom. The monoisotopic (exact) mass is 388 g/mol. The Morgan fingerprint density at radius 3 is 2.58 bits per heavy atom. The molecule has 0 atom stereocenters. The third-order valence-corrected chi connectivity index (χ3v) is 4.19. The molecular weight excluding hydrogens is 376 g/mol. The lowest BCUT2D eigenvalue weighted by Gasteiger charge is -2.17. The number of para-hydroxylation sites is 1. The Morgan fingerprint density at radius 2 is 1.83 bits per heavy atom. The van der Waals surface area contributed by atoms with Crippen LogP contribution in [0.1, 0.15) is 31.1 Å². The second-order valence-electron chi connectivity index (χ2n) is 5.10. The molecule has 1 N–H and O–H groups in total. The number of esters is 1. The molecule has 1 aliphatic heterocycles. The number of benzene rings is 2. The van der Waals surface area contributed by atoms with E-state index in [1.54, 1.807) is 42.5 Å². The molecule has 7 heteroatoms. The number of hydrogen-bond donors (Lipinski definition) is 1. The number of carbonyl (C=O) groups is 3. The first-order valence-corrected chi connectivity index (χ1v) is 7.89. The van der Waals surface area contributed by atoms with Crippen molar-refractivity contribution in [3.05, 3.63) is 63.6 Å². The summed E-state index contributed by atoms with van der Waals surface area (Å²) < 4.78 is 5.45. The standard InChI is InChI=1S/C17H13BrN2O4/c1-24-17(23)12-4-2-3-5-14(12)19-9-20-15(21)11-7-6-10(18)8-13(11)16(20)22/h2-8,19H,9H2,1H3. The molecule has 2 aromatic carbocycles. The molecule has 0 aliphatic carbocycles. The van der Waals surface area contributed by atoms with E-state index in [-0.39, 0.29) is 18.5 Å². The van der Waals surface area contributed by atoms with Crippen molar-refractivity contribution in [3.63, 3.8) is 0 Å². The van der Waals surface area contributed by atoms with Gasteiger partial charge in [0.2, 0.25) is 0 Å². The highest BCUT2D eigenvalue weighted by molar-refractivity contribution is 9.10. The van der Waals surface area contributed by atoms with Crippen molar-refractivity contribution < 1.29 is 19.1 Å². The number of carbonyl (C=O) groups excluding carboxylic acids is 3. The molecule has 1 aliphatic rings. The van der Waals surface area contributed by atoms with Gasteiger partial charge in [-0.2, -0.15) is 0 Å². The van der Waals surface area contributed by atoms with Gasteiger partial charge < -0.3 is 10.1 Å². The lowest BCUT2D eigenvalue weighted by atomic mass is 10.1. The number of fused-ring (bicyclic) bond motifs is 1. The SMILES string of the molecule is COC(=O)c1ccccc1NCN1C(=O)c2ccc(Br)cc2C1=O. The third-order valence-electron chi connectivity index (χ3n) is 3.69. The largest absolute Gasteiger partial charge is 0.465 e. The van der Waals surface area contributed by atoms with Crippen molar-refractivity contribution in [2.75, 3.05) is 19.1 Å². The van der Waals surface area contributed by atoms with Crippen LogP contribution in [0, 0.1) is 0 Å². The zero-order valence-electron chi connectivity index (χ0n) is 12.7. The van der Waals surface area contributed by atoms with Crippen LogP contribution in [0.25, 0.3) is 0 Å². The lowest BCUT2D eigenvalue weighted by Crippen LogP contribution is -2.34. The normalized spacial score (nSPS) is 13.0. The second kappa shape index (κ2) is 6.45. The topological polar surface area (TPSA) is 75.7 Å². The summed E-state index contributed by atoms with van der Waals surface area (Å²) in [6.07, 6.45) is 0. The maximum atomic E-state index is 12.4. The predicted octanol–water partition coefficient (Wildman–Crippen LogP) is 2.90. The summed E-state index contributed by atoms with van der Waals surface area (Å²) in [4.78, 5) is 37.6. The van der Waals surface area contributed by atoms with E-state index in [4.69, 9.17) is 4.74 Å². The van der Waals surface area contributed by atoms with Gasteiger partial charge in [-0.15, -0.1) is 0 Å². The average molecular weight is 389 g/mol. The summed E-state index contributed by atoms with van der Waals surface area (Å²) in [5, 5.41) is 2.95. The molecule has 1 heterocycles. The lowest BCUT2D eigenvalue weighted by molar-refractivity contribution is 0.0601. The van der Waals surface area contributed by atoms with Crippen LogP contribution in [-0.2, 0) is 4.74 Å². The average Bonchev–Trinajstić information content (AvgIpc) is 2.83. The molecule has 0 bridgehead atoms. The molecule has 0 spiro atoms. The Labute approximate surface area is 146 Å². The van der Waals surface area contributed by atoms with E-state index in [0.29, 0.717) is 22.4 Å². The van der Waals surface area contributed by atoms with Gasteiger partial charge in [0, 0.05) is 4.47 Å².